The van der Waals surface area contributed by atoms with E-state index < -0.39 is 9.53 Å². The Morgan fingerprint density at radius 3 is 0.971 bits per heavy atom. The molecule has 3 nitrogen and oxygen atoms in total. The highest BCUT2D eigenvalue weighted by Gasteiger charge is 2.30. The van der Waals surface area contributed by atoms with Gasteiger partial charge in [0.2, 0.25) is 0 Å². The van der Waals surface area contributed by atoms with Gasteiger partial charge in [0.15, 0.2) is 0 Å². The van der Waals surface area contributed by atoms with E-state index in [4.69, 9.17) is 13.3 Å². The van der Waals surface area contributed by atoms with Crippen molar-refractivity contribution in [3.8, 4) is 17.2 Å². The third kappa shape index (κ3) is 3.96. The largest absolute Gasteiger partial charge is 0.818 e. The zero-order chi connectivity index (χ0) is 22.7. The average Bonchev–Trinajstić information content (AvgIpc) is 2.89. The van der Waals surface area contributed by atoms with E-state index in [1.807, 2.05) is 72.8 Å². The van der Waals surface area contributed by atoms with Crippen molar-refractivity contribution in [2.75, 3.05) is 0 Å². The molecule has 0 bridgehead atoms. The van der Waals surface area contributed by atoms with E-state index in [1.165, 1.54) is 0 Å². The molecule has 0 amide bonds. The minimum absolute atomic E-state index is 0.743. The van der Waals surface area contributed by atoms with Gasteiger partial charge in [0.25, 0.3) is 0 Å². The summed E-state index contributed by atoms with van der Waals surface area (Å²) < 4.78 is 19.5. The summed E-state index contributed by atoms with van der Waals surface area (Å²) in [7, 11) is -2.27. The summed E-state index contributed by atoms with van der Waals surface area (Å²) in [6.07, 6.45) is 0. The van der Waals surface area contributed by atoms with E-state index in [0.717, 1.165) is 49.6 Å². The Balaban J connectivity index is 1.42. The van der Waals surface area contributed by atoms with Crippen LogP contribution in [0.1, 0.15) is 0 Å². The van der Waals surface area contributed by atoms with Gasteiger partial charge in [0, 0.05) is 16.2 Å². The molecule has 6 aromatic rings. The highest BCUT2D eigenvalue weighted by atomic mass is 28.3. The van der Waals surface area contributed by atoms with E-state index in [9.17, 15) is 0 Å². The van der Waals surface area contributed by atoms with E-state index in [2.05, 4.69) is 54.6 Å². The summed E-state index contributed by atoms with van der Waals surface area (Å²) in [6, 6.07) is 42.6. The van der Waals surface area contributed by atoms with Crippen LogP contribution >= 0.6 is 0 Å². The van der Waals surface area contributed by atoms with Gasteiger partial charge in [-0.1, -0.05) is 109 Å². The van der Waals surface area contributed by atoms with E-state index in [0.29, 0.717) is 0 Å². The summed E-state index contributed by atoms with van der Waals surface area (Å²) in [5.74, 6) is 2.23. The maximum Gasteiger partial charge on any atom is 0.818 e. The lowest BCUT2D eigenvalue weighted by molar-refractivity contribution is 0.312. The topological polar surface area (TPSA) is 27.7 Å². The Hall–Kier alpha value is -4.28. The van der Waals surface area contributed by atoms with Crippen LogP contribution in [0.15, 0.2) is 127 Å². The molecule has 34 heavy (non-hydrogen) atoms. The van der Waals surface area contributed by atoms with Crippen LogP contribution < -0.4 is 13.3 Å². The van der Waals surface area contributed by atoms with Gasteiger partial charge in [0.05, 0.1) is 0 Å². The van der Waals surface area contributed by atoms with Crippen molar-refractivity contribution >= 4 is 41.8 Å². The molecule has 0 unspecified atom stereocenters. The normalized spacial score (nSPS) is 11.2. The quantitative estimate of drug-likeness (QED) is 0.240. The van der Waals surface area contributed by atoms with Crippen LogP contribution in [-0.4, -0.2) is 9.53 Å². The lowest BCUT2D eigenvalue weighted by Crippen LogP contribution is -2.37. The average molecular weight is 458 g/mol. The Bertz CT molecular complexity index is 1400. The summed E-state index contributed by atoms with van der Waals surface area (Å²) in [6.45, 7) is 0. The molecule has 1 radical (unpaired) electrons. The van der Waals surface area contributed by atoms with Crippen LogP contribution in [0.25, 0.3) is 32.3 Å². The summed E-state index contributed by atoms with van der Waals surface area (Å²) in [5, 5.41) is 6.40. The van der Waals surface area contributed by atoms with Crippen molar-refractivity contribution in [2.24, 2.45) is 0 Å². The fraction of sp³-hybridized carbons (Fsp3) is 0. The van der Waals surface area contributed by atoms with E-state index in [1.54, 1.807) is 0 Å². The van der Waals surface area contributed by atoms with Crippen molar-refractivity contribution < 1.29 is 13.3 Å². The highest BCUT2D eigenvalue weighted by Crippen LogP contribution is 2.31. The fourth-order valence-electron chi connectivity index (χ4n) is 4.19. The minimum Gasteiger partial charge on any atom is -0.479 e. The zero-order valence-electron chi connectivity index (χ0n) is 18.3. The first-order valence-electron chi connectivity index (χ1n) is 11.2. The molecule has 0 spiro atoms. The van der Waals surface area contributed by atoms with Gasteiger partial charge in [-0.25, -0.2) is 0 Å². The molecule has 0 aliphatic heterocycles. The SMILES string of the molecule is c1ccc2c(O[Si](Oc3cccc4ccccc34)Oc3cccc4ccccc34)cccc2c1. The van der Waals surface area contributed by atoms with Crippen molar-refractivity contribution in [1.29, 1.82) is 0 Å². The third-order valence-electron chi connectivity index (χ3n) is 5.83. The Morgan fingerprint density at radius 1 is 0.324 bits per heavy atom. The van der Waals surface area contributed by atoms with Gasteiger partial charge in [-0.3, -0.25) is 0 Å². The van der Waals surface area contributed by atoms with Crippen LogP contribution in [0.5, 0.6) is 17.2 Å². The third-order valence-corrected chi connectivity index (χ3v) is 6.99. The van der Waals surface area contributed by atoms with Gasteiger partial charge in [0.1, 0.15) is 17.2 Å². The van der Waals surface area contributed by atoms with Crippen LogP contribution in [0.3, 0.4) is 0 Å². The second kappa shape index (κ2) is 8.93. The lowest BCUT2D eigenvalue weighted by Gasteiger charge is -2.19. The zero-order valence-corrected chi connectivity index (χ0v) is 19.3. The van der Waals surface area contributed by atoms with E-state index in [-0.39, 0.29) is 0 Å². The first-order valence-corrected chi connectivity index (χ1v) is 12.4. The summed E-state index contributed by atoms with van der Waals surface area (Å²) in [4.78, 5) is 0. The smallest absolute Gasteiger partial charge is 0.479 e. The molecule has 0 heterocycles. The molecule has 0 fully saturated rings. The monoisotopic (exact) mass is 457 g/mol. The van der Waals surface area contributed by atoms with Crippen molar-refractivity contribution in [1.82, 2.24) is 0 Å². The molecule has 0 N–H and O–H groups in total. The highest BCUT2D eigenvalue weighted by molar-refractivity contribution is 6.40. The van der Waals surface area contributed by atoms with Gasteiger partial charge < -0.3 is 13.3 Å². The Labute approximate surface area is 199 Å². The predicted molar refractivity (Wildman–Crippen MR) is 139 cm³/mol. The molecule has 4 heteroatoms. The van der Waals surface area contributed by atoms with E-state index >= 15 is 0 Å². The van der Waals surface area contributed by atoms with Crippen molar-refractivity contribution in [3.05, 3.63) is 127 Å². The second-order valence-electron chi connectivity index (χ2n) is 7.99. The fourth-order valence-corrected chi connectivity index (χ4v) is 5.38. The van der Waals surface area contributed by atoms with Crippen LogP contribution in [-0.2, 0) is 0 Å². The summed E-state index contributed by atoms with van der Waals surface area (Å²) >= 11 is 0. The molecule has 163 valence electrons. The molecular weight excluding hydrogens is 436 g/mol. The van der Waals surface area contributed by atoms with Crippen LogP contribution in [0, 0.1) is 0 Å². The molecular formula is C30H21O3Si. The Kier molecular flexibility index (Phi) is 5.34. The number of hydrogen-bond donors (Lipinski definition) is 0. The van der Waals surface area contributed by atoms with Gasteiger partial charge >= 0.3 is 9.53 Å². The molecule has 6 rings (SSSR count). The minimum atomic E-state index is -2.27. The molecule has 0 aromatic heterocycles. The van der Waals surface area contributed by atoms with Crippen LogP contribution in [0.4, 0.5) is 0 Å². The first-order chi connectivity index (χ1) is 16.8. The molecule has 0 aliphatic carbocycles. The maximum absolute atomic E-state index is 6.49. The van der Waals surface area contributed by atoms with Crippen molar-refractivity contribution in [3.63, 3.8) is 0 Å². The summed E-state index contributed by atoms with van der Waals surface area (Å²) in [5.41, 5.74) is 0. The molecule has 0 aliphatic rings. The first kappa shape index (κ1) is 20.3. The second-order valence-corrected chi connectivity index (χ2v) is 9.10. The molecule has 0 saturated carbocycles. The van der Waals surface area contributed by atoms with Gasteiger partial charge in [-0.05, 0) is 34.4 Å². The van der Waals surface area contributed by atoms with Gasteiger partial charge in [-0.2, -0.15) is 0 Å². The molecule has 0 saturated heterocycles. The maximum atomic E-state index is 6.49. The van der Waals surface area contributed by atoms with Crippen LogP contribution in [0.2, 0.25) is 0 Å². The number of benzene rings is 6. The molecule has 0 atom stereocenters. The number of fused-ring (bicyclic) bond motifs is 3. The Morgan fingerprint density at radius 2 is 0.618 bits per heavy atom. The molecule has 6 aromatic carbocycles. The lowest BCUT2D eigenvalue weighted by atomic mass is 10.1. The van der Waals surface area contributed by atoms with Gasteiger partial charge in [-0.15, -0.1) is 0 Å². The standard InChI is InChI=1S/C30H21O3Si/c1-4-16-25-22(10-1)13-7-19-28(25)31-34(32-29-20-8-14-23-11-2-5-17-26(23)29)33-30-21-9-15-24-12-3-6-18-27(24)30/h1-21H. The number of rotatable bonds is 6. The number of hydrogen-bond acceptors (Lipinski definition) is 3. The predicted octanol–water partition coefficient (Wildman–Crippen LogP) is 7.67. The van der Waals surface area contributed by atoms with Crippen molar-refractivity contribution in [2.45, 2.75) is 0 Å².